The van der Waals surface area contributed by atoms with Gasteiger partial charge in [0.25, 0.3) is 0 Å². The van der Waals surface area contributed by atoms with Gasteiger partial charge in [0.15, 0.2) is 0 Å². The summed E-state index contributed by atoms with van der Waals surface area (Å²) in [5, 5.41) is 3.15. The molecule has 0 bridgehead atoms. The van der Waals surface area contributed by atoms with Crippen molar-refractivity contribution >= 4 is 29.3 Å². The largest absolute Gasteiger partial charge is 0.368 e. The molecule has 0 radical (unpaired) electrons. The van der Waals surface area contributed by atoms with E-state index in [0.717, 1.165) is 5.69 Å². The Hall–Kier alpha value is -2.60. The zero-order chi connectivity index (χ0) is 16.9. The maximum Gasteiger partial charge on any atom is 0.232 e. The Morgan fingerprint density at radius 2 is 1.79 bits per heavy atom. The average molecular weight is 337 g/mol. The van der Waals surface area contributed by atoms with Crippen LogP contribution in [0.3, 0.4) is 0 Å². The Bertz CT molecular complexity index is 836. The summed E-state index contributed by atoms with van der Waals surface area (Å²) in [6.07, 6.45) is 0. The smallest absolute Gasteiger partial charge is 0.232 e. The van der Waals surface area contributed by atoms with E-state index < -0.39 is 0 Å². The molecular formula is C18H19N5S. The molecule has 0 aliphatic heterocycles. The van der Waals surface area contributed by atoms with Crippen LogP contribution in [0.1, 0.15) is 17.0 Å². The number of nitrogens with two attached hydrogens (primary N) is 1. The minimum atomic E-state index is 0.222. The summed E-state index contributed by atoms with van der Waals surface area (Å²) < 4.78 is 0. The topological polar surface area (TPSA) is 76.7 Å². The van der Waals surface area contributed by atoms with Gasteiger partial charge in [0.1, 0.15) is 5.82 Å². The maximum absolute atomic E-state index is 5.82. The Labute approximate surface area is 145 Å². The van der Waals surface area contributed by atoms with Crippen LogP contribution in [-0.4, -0.2) is 15.0 Å². The number of rotatable bonds is 5. The zero-order valence-corrected chi connectivity index (χ0v) is 14.5. The van der Waals surface area contributed by atoms with Crippen LogP contribution >= 0.6 is 11.8 Å². The summed E-state index contributed by atoms with van der Waals surface area (Å²) in [4.78, 5) is 14.1. The second-order valence-electron chi connectivity index (χ2n) is 5.48. The number of nitrogen functional groups attached to an aromatic ring is 1. The van der Waals surface area contributed by atoms with Crippen LogP contribution in [0.25, 0.3) is 0 Å². The third-order valence-corrected chi connectivity index (χ3v) is 4.58. The van der Waals surface area contributed by atoms with Crippen LogP contribution in [0.15, 0.2) is 53.4 Å². The summed E-state index contributed by atoms with van der Waals surface area (Å²) in [5.74, 6) is 1.98. The van der Waals surface area contributed by atoms with Crippen LogP contribution < -0.4 is 11.1 Å². The van der Waals surface area contributed by atoms with E-state index in [9.17, 15) is 0 Å². The van der Waals surface area contributed by atoms with Gasteiger partial charge in [-0.3, -0.25) is 0 Å². The van der Waals surface area contributed by atoms with E-state index in [1.54, 1.807) is 11.8 Å². The van der Waals surface area contributed by atoms with Crippen LogP contribution in [0, 0.1) is 13.8 Å². The van der Waals surface area contributed by atoms with Gasteiger partial charge < -0.3 is 11.1 Å². The van der Waals surface area contributed by atoms with E-state index in [-0.39, 0.29) is 5.95 Å². The van der Waals surface area contributed by atoms with Crippen LogP contribution in [0.5, 0.6) is 0 Å². The van der Waals surface area contributed by atoms with Gasteiger partial charge in [0.05, 0.1) is 5.75 Å². The van der Waals surface area contributed by atoms with Gasteiger partial charge in [-0.1, -0.05) is 35.9 Å². The second-order valence-corrected chi connectivity index (χ2v) is 6.50. The highest BCUT2D eigenvalue weighted by Gasteiger charge is 2.07. The van der Waals surface area contributed by atoms with E-state index in [0.29, 0.717) is 17.5 Å². The van der Waals surface area contributed by atoms with Gasteiger partial charge in [-0.15, -0.1) is 11.8 Å². The van der Waals surface area contributed by atoms with Crippen molar-refractivity contribution in [3.05, 3.63) is 65.5 Å². The number of hydrogen-bond acceptors (Lipinski definition) is 6. The summed E-state index contributed by atoms with van der Waals surface area (Å²) >= 11 is 1.70. The minimum absolute atomic E-state index is 0.222. The number of aryl methyl sites for hydroxylation is 2. The molecule has 122 valence electrons. The van der Waals surface area contributed by atoms with Crippen molar-refractivity contribution in [1.82, 2.24) is 15.0 Å². The standard InChI is InChI=1S/C18H19N5S/c1-12-8-9-13(2)15(10-12)24-11-16-21-17(19)23-18(22-16)20-14-6-4-3-5-7-14/h3-10H,11H2,1-2H3,(H3,19,20,21,22,23). The lowest BCUT2D eigenvalue weighted by atomic mass is 10.2. The Balaban J connectivity index is 1.75. The summed E-state index contributed by atoms with van der Waals surface area (Å²) in [6, 6.07) is 16.2. The molecule has 0 fully saturated rings. The number of nitrogens with zero attached hydrogens (tertiary/aromatic N) is 3. The number of benzene rings is 2. The van der Waals surface area contributed by atoms with Crippen molar-refractivity contribution in [3.8, 4) is 0 Å². The first-order valence-corrected chi connectivity index (χ1v) is 8.61. The highest BCUT2D eigenvalue weighted by atomic mass is 32.2. The Morgan fingerprint density at radius 1 is 1.00 bits per heavy atom. The molecular weight excluding hydrogens is 318 g/mol. The average Bonchev–Trinajstić information content (AvgIpc) is 2.56. The number of hydrogen-bond donors (Lipinski definition) is 2. The van der Waals surface area contributed by atoms with Crippen LogP contribution in [0.2, 0.25) is 0 Å². The monoisotopic (exact) mass is 337 g/mol. The van der Waals surface area contributed by atoms with Crippen molar-refractivity contribution in [2.45, 2.75) is 24.5 Å². The lowest BCUT2D eigenvalue weighted by Crippen LogP contribution is -2.06. The highest BCUT2D eigenvalue weighted by Crippen LogP contribution is 2.26. The van der Waals surface area contributed by atoms with Gasteiger partial charge in [-0.25, -0.2) is 0 Å². The normalized spacial score (nSPS) is 10.6. The van der Waals surface area contributed by atoms with Crippen LogP contribution in [0.4, 0.5) is 17.6 Å². The molecule has 1 aromatic heterocycles. The van der Waals surface area contributed by atoms with Crippen molar-refractivity contribution in [3.63, 3.8) is 0 Å². The molecule has 24 heavy (non-hydrogen) atoms. The Kier molecular flexibility index (Phi) is 4.96. The van der Waals surface area contributed by atoms with E-state index in [2.05, 4.69) is 52.3 Å². The molecule has 3 aromatic rings. The minimum Gasteiger partial charge on any atom is -0.368 e. The molecule has 0 atom stereocenters. The molecule has 2 aromatic carbocycles. The van der Waals surface area contributed by atoms with Gasteiger partial charge >= 0.3 is 0 Å². The third kappa shape index (κ3) is 4.23. The van der Waals surface area contributed by atoms with Crippen molar-refractivity contribution in [2.24, 2.45) is 0 Å². The lowest BCUT2D eigenvalue weighted by molar-refractivity contribution is 0.981. The number of anilines is 3. The maximum atomic E-state index is 5.82. The molecule has 3 rings (SSSR count). The van der Waals surface area contributed by atoms with E-state index in [1.165, 1.54) is 16.0 Å². The van der Waals surface area contributed by atoms with E-state index in [4.69, 9.17) is 5.73 Å². The van der Waals surface area contributed by atoms with E-state index >= 15 is 0 Å². The molecule has 1 heterocycles. The first kappa shape index (κ1) is 16.3. The molecule has 0 saturated heterocycles. The molecule has 0 spiro atoms. The highest BCUT2D eigenvalue weighted by molar-refractivity contribution is 7.98. The van der Waals surface area contributed by atoms with E-state index in [1.807, 2.05) is 30.3 Å². The molecule has 3 N–H and O–H groups in total. The van der Waals surface area contributed by atoms with Gasteiger partial charge in [-0.05, 0) is 37.6 Å². The molecule has 0 saturated carbocycles. The summed E-state index contributed by atoms with van der Waals surface area (Å²) in [7, 11) is 0. The SMILES string of the molecule is Cc1ccc(C)c(SCc2nc(N)nc(Nc3ccccc3)n2)c1. The molecule has 0 aliphatic carbocycles. The fraction of sp³-hybridized carbons (Fsp3) is 0.167. The number of nitrogens with one attached hydrogen (secondary N) is 1. The fourth-order valence-corrected chi connectivity index (χ4v) is 3.19. The third-order valence-electron chi connectivity index (χ3n) is 3.43. The molecule has 0 amide bonds. The zero-order valence-electron chi connectivity index (χ0n) is 13.7. The second kappa shape index (κ2) is 7.31. The fourth-order valence-electron chi connectivity index (χ4n) is 2.21. The van der Waals surface area contributed by atoms with Crippen molar-refractivity contribution in [1.29, 1.82) is 0 Å². The van der Waals surface area contributed by atoms with Gasteiger partial charge in [0, 0.05) is 10.6 Å². The lowest BCUT2D eigenvalue weighted by Gasteiger charge is -2.08. The van der Waals surface area contributed by atoms with Crippen molar-refractivity contribution < 1.29 is 0 Å². The number of aromatic nitrogens is 3. The first-order chi connectivity index (χ1) is 11.6. The van der Waals surface area contributed by atoms with Crippen LogP contribution in [-0.2, 0) is 5.75 Å². The number of para-hydroxylation sites is 1. The van der Waals surface area contributed by atoms with Crippen molar-refractivity contribution in [2.75, 3.05) is 11.1 Å². The summed E-state index contributed by atoms with van der Waals surface area (Å²) in [6.45, 7) is 4.19. The molecule has 0 unspecified atom stereocenters. The first-order valence-electron chi connectivity index (χ1n) is 7.63. The quantitative estimate of drug-likeness (QED) is 0.682. The van der Waals surface area contributed by atoms with Gasteiger partial charge in [0.2, 0.25) is 11.9 Å². The molecule has 0 aliphatic rings. The Morgan fingerprint density at radius 3 is 2.58 bits per heavy atom. The molecule has 5 nitrogen and oxygen atoms in total. The van der Waals surface area contributed by atoms with Gasteiger partial charge in [-0.2, -0.15) is 15.0 Å². The predicted octanol–water partition coefficient (Wildman–Crippen LogP) is 4.11. The summed E-state index contributed by atoms with van der Waals surface area (Å²) in [5.41, 5.74) is 9.22. The predicted molar refractivity (Wildman–Crippen MR) is 99.4 cm³/mol. The number of thioether (sulfide) groups is 1. The molecule has 6 heteroatoms.